The van der Waals surface area contributed by atoms with Crippen LogP contribution in [0.2, 0.25) is 5.02 Å². The zero-order chi connectivity index (χ0) is 19.5. The van der Waals surface area contributed by atoms with Crippen molar-refractivity contribution in [2.75, 3.05) is 19.6 Å². The normalized spacial score (nSPS) is 15.0. The third kappa shape index (κ3) is 4.03. The number of carbonyl (C=O) groups is 2. The molecule has 0 saturated carbocycles. The first-order valence-electron chi connectivity index (χ1n) is 9.28. The van der Waals surface area contributed by atoms with Gasteiger partial charge in [-0.3, -0.25) is 9.59 Å². The van der Waals surface area contributed by atoms with Crippen LogP contribution < -0.4 is 5.32 Å². The highest BCUT2D eigenvalue weighted by Crippen LogP contribution is 2.33. The van der Waals surface area contributed by atoms with E-state index in [1.807, 2.05) is 23.1 Å². The van der Waals surface area contributed by atoms with Crippen LogP contribution in [0.15, 0.2) is 48.5 Å². The first-order chi connectivity index (χ1) is 13.6. The number of benzene rings is 2. The number of rotatable bonds is 4. The molecule has 0 spiro atoms. The number of thiazole rings is 1. The molecule has 0 unspecified atom stereocenters. The molecule has 0 radical (unpaired) electrons. The van der Waals surface area contributed by atoms with Crippen molar-refractivity contribution in [2.45, 2.75) is 18.8 Å². The summed E-state index contributed by atoms with van der Waals surface area (Å²) in [5.74, 6) is -0.00867. The molecule has 1 fully saturated rings. The number of nitrogens with one attached hydrogen (secondary N) is 1. The van der Waals surface area contributed by atoms with Crippen molar-refractivity contribution in [3.05, 3.63) is 64.1 Å². The highest BCUT2D eigenvalue weighted by atomic mass is 35.5. The number of para-hydroxylation sites is 1. The molecule has 2 heterocycles. The lowest BCUT2D eigenvalue weighted by molar-refractivity contribution is -0.131. The molecular weight excluding hydrogens is 394 g/mol. The highest BCUT2D eigenvalue weighted by Gasteiger charge is 2.26. The number of hydrogen-bond acceptors (Lipinski definition) is 4. The van der Waals surface area contributed by atoms with Gasteiger partial charge in [0.1, 0.15) is 0 Å². The number of fused-ring (bicyclic) bond motifs is 1. The maximum atomic E-state index is 12.5. The van der Waals surface area contributed by atoms with Crippen LogP contribution in [0.3, 0.4) is 0 Å². The molecule has 1 aliphatic heterocycles. The van der Waals surface area contributed by atoms with E-state index in [2.05, 4.69) is 11.4 Å². The van der Waals surface area contributed by atoms with E-state index >= 15 is 0 Å². The van der Waals surface area contributed by atoms with Gasteiger partial charge in [0.2, 0.25) is 5.91 Å². The summed E-state index contributed by atoms with van der Waals surface area (Å²) in [6.45, 7) is 1.35. The number of hydrogen-bond donors (Lipinski definition) is 1. The molecule has 0 bridgehead atoms. The Morgan fingerprint density at radius 1 is 1.11 bits per heavy atom. The third-order valence-corrected chi connectivity index (χ3v) is 6.55. The van der Waals surface area contributed by atoms with Gasteiger partial charge < -0.3 is 10.2 Å². The van der Waals surface area contributed by atoms with Gasteiger partial charge in [0, 0.05) is 19.0 Å². The first-order valence-corrected chi connectivity index (χ1v) is 10.5. The van der Waals surface area contributed by atoms with Gasteiger partial charge >= 0.3 is 0 Å². The molecule has 144 valence electrons. The zero-order valence-corrected chi connectivity index (χ0v) is 16.8. The third-order valence-electron chi connectivity index (χ3n) is 5.03. The Bertz CT molecular complexity index is 979. The number of halogens is 1. The SMILES string of the molecule is O=C(NCC(=O)N1CCC(c2nc3ccccc3s2)CC1)c1ccccc1Cl. The van der Waals surface area contributed by atoms with E-state index in [4.69, 9.17) is 16.6 Å². The highest BCUT2D eigenvalue weighted by molar-refractivity contribution is 7.18. The molecule has 7 heteroatoms. The standard InChI is InChI=1S/C21H20ClN3O2S/c22-16-6-2-1-5-15(16)20(27)23-13-19(26)25-11-9-14(10-12-25)21-24-17-7-3-4-8-18(17)28-21/h1-8,14H,9-13H2,(H,23,27). The summed E-state index contributed by atoms with van der Waals surface area (Å²) in [6, 6.07) is 15.0. The number of amides is 2. The van der Waals surface area contributed by atoms with Crippen LogP contribution in [-0.2, 0) is 4.79 Å². The van der Waals surface area contributed by atoms with E-state index in [1.165, 1.54) is 4.70 Å². The monoisotopic (exact) mass is 413 g/mol. The molecule has 0 atom stereocenters. The minimum atomic E-state index is -0.330. The molecule has 1 aromatic heterocycles. The fourth-order valence-electron chi connectivity index (χ4n) is 3.45. The van der Waals surface area contributed by atoms with E-state index in [1.54, 1.807) is 35.6 Å². The number of nitrogens with zero attached hydrogens (tertiary/aromatic N) is 2. The molecule has 2 aromatic carbocycles. The Morgan fingerprint density at radius 2 is 1.82 bits per heavy atom. The lowest BCUT2D eigenvalue weighted by Gasteiger charge is -2.31. The summed E-state index contributed by atoms with van der Waals surface area (Å²) < 4.78 is 1.21. The number of piperidine rings is 1. The Labute approximate surface area is 172 Å². The predicted octanol–water partition coefficient (Wildman–Crippen LogP) is 4.09. The van der Waals surface area contributed by atoms with Gasteiger partial charge in [0.25, 0.3) is 5.91 Å². The number of aromatic nitrogens is 1. The molecule has 28 heavy (non-hydrogen) atoms. The second kappa shape index (κ2) is 8.29. The summed E-state index contributed by atoms with van der Waals surface area (Å²) in [5, 5.41) is 4.20. The van der Waals surface area contributed by atoms with Crippen LogP contribution >= 0.6 is 22.9 Å². The van der Waals surface area contributed by atoms with E-state index in [-0.39, 0.29) is 18.4 Å². The van der Waals surface area contributed by atoms with Gasteiger partial charge in [-0.2, -0.15) is 0 Å². The lowest BCUT2D eigenvalue weighted by Crippen LogP contribution is -2.43. The molecule has 0 aliphatic carbocycles. The van der Waals surface area contributed by atoms with E-state index in [0.29, 0.717) is 29.6 Å². The second-order valence-electron chi connectivity index (χ2n) is 6.84. The minimum Gasteiger partial charge on any atom is -0.343 e. The molecule has 1 N–H and O–H groups in total. The molecule has 3 aromatic rings. The summed E-state index contributed by atoms with van der Waals surface area (Å²) in [4.78, 5) is 31.2. The second-order valence-corrected chi connectivity index (χ2v) is 8.31. The molecule has 4 rings (SSSR count). The Hall–Kier alpha value is -2.44. The maximum absolute atomic E-state index is 12.5. The van der Waals surface area contributed by atoms with Crippen molar-refractivity contribution >= 4 is 45.0 Å². The van der Waals surface area contributed by atoms with Crippen molar-refractivity contribution in [1.82, 2.24) is 15.2 Å². The van der Waals surface area contributed by atoms with E-state index < -0.39 is 0 Å². The van der Waals surface area contributed by atoms with Crippen molar-refractivity contribution < 1.29 is 9.59 Å². The molecule has 5 nitrogen and oxygen atoms in total. The van der Waals surface area contributed by atoms with Crippen molar-refractivity contribution in [2.24, 2.45) is 0 Å². The van der Waals surface area contributed by atoms with Crippen LogP contribution in [0.1, 0.15) is 34.1 Å². The number of carbonyl (C=O) groups excluding carboxylic acids is 2. The van der Waals surface area contributed by atoms with E-state index in [9.17, 15) is 9.59 Å². The maximum Gasteiger partial charge on any atom is 0.253 e. The Morgan fingerprint density at radius 3 is 2.57 bits per heavy atom. The van der Waals surface area contributed by atoms with Gasteiger partial charge in [-0.1, -0.05) is 35.9 Å². The fraction of sp³-hybridized carbons (Fsp3) is 0.286. The number of likely N-dealkylation sites (tertiary alicyclic amines) is 1. The molecule has 1 saturated heterocycles. The predicted molar refractivity (Wildman–Crippen MR) is 112 cm³/mol. The average Bonchev–Trinajstić information content (AvgIpc) is 3.16. The van der Waals surface area contributed by atoms with Gasteiger partial charge in [-0.05, 0) is 37.1 Å². The quantitative estimate of drug-likeness (QED) is 0.700. The van der Waals surface area contributed by atoms with Crippen LogP contribution in [0.25, 0.3) is 10.2 Å². The lowest BCUT2D eigenvalue weighted by atomic mass is 9.97. The van der Waals surface area contributed by atoms with Gasteiger partial charge in [0.05, 0.1) is 32.4 Å². The van der Waals surface area contributed by atoms with Crippen molar-refractivity contribution in [3.63, 3.8) is 0 Å². The average molecular weight is 414 g/mol. The smallest absolute Gasteiger partial charge is 0.253 e. The Kier molecular flexibility index (Phi) is 5.59. The molecule has 1 aliphatic rings. The van der Waals surface area contributed by atoms with Crippen LogP contribution in [0.4, 0.5) is 0 Å². The summed E-state index contributed by atoms with van der Waals surface area (Å²) in [7, 11) is 0. The van der Waals surface area contributed by atoms with Gasteiger partial charge in [0.15, 0.2) is 0 Å². The van der Waals surface area contributed by atoms with Gasteiger partial charge in [-0.15, -0.1) is 11.3 Å². The fourth-order valence-corrected chi connectivity index (χ4v) is 4.81. The van der Waals surface area contributed by atoms with Crippen molar-refractivity contribution in [1.29, 1.82) is 0 Å². The molecule has 2 amide bonds. The summed E-state index contributed by atoms with van der Waals surface area (Å²) >= 11 is 7.77. The molecular formula is C21H20ClN3O2S. The largest absolute Gasteiger partial charge is 0.343 e. The summed E-state index contributed by atoms with van der Waals surface area (Å²) in [6.07, 6.45) is 1.79. The minimum absolute atomic E-state index is 0.0180. The van der Waals surface area contributed by atoms with Crippen LogP contribution in [0.5, 0.6) is 0 Å². The van der Waals surface area contributed by atoms with Crippen LogP contribution in [0, 0.1) is 0 Å². The topological polar surface area (TPSA) is 62.3 Å². The Balaban J connectivity index is 1.30. The van der Waals surface area contributed by atoms with Gasteiger partial charge in [-0.25, -0.2) is 4.98 Å². The van der Waals surface area contributed by atoms with Crippen LogP contribution in [-0.4, -0.2) is 41.3 Å². The van der Waals surface area contributed by atoms with Crippen molar-refractivity contribution in [3.8, 4) is 0 Å². The zero-order valence-electron chi connectivity index (χ0n) is 15.2. The first kappa shape index (κ1) is 18.9. The van der Waals surface area contributed by atoms with E-state index in [0.717, 1.165) is 23.4 Å². The summed E-state index contributed by atoms with van der Waals surface area (Å²) in [5.41, 5.74) is 1.43.